The molecule has 2 saturated heterocycles. The topological polar surface area (TPSA) is 73.3 Å². The number of rotatable bonds is 5. The normalized spacial score (nSPS) is 25.4. The van der Waals surface area contributed by atoms with Crippen LogP contribution in [0.15, 0.2) is 36.4 Å². The highest BCUT2D eigenvalue weighted by Crippen LogP contribution is 2.44. The van der Waals surface area contributed by atoms with Gasteiger partial charge in [-0.1, -0.05) is 6.07 Å². The summed E-state index contributed by atoms with van der Waals surface area (Å²) in [5, 5.41) is 10.1. The molecule has 2 atom stereocenters. The van der Waals surface area contributed by atoms with Gasteiger partial charge >= 0.3 is 10.2 Å². The summed E-state index contributed by atoms with van der Waals surface area (Å²) in [4.78, 5) is 2.26. The van der Waals surface area contributed by atoms with Crippen molar-refractivity contribution >= 4 is 15.9 Å². The molecular weight excluding hydrogens is 464 g/mol. The molecule has 0 radical (unpaired) electrons. The van der Waals surface area contributed by atoms with Gasteiger partial charge in [0.05, 0.1) is 17.3 Å². The predicted octanol–water partition coefficient (Wildman–Crippen LogP) is 3.88. The second-order valence-electron chi connectivity index (χ2n) is 9.59. The predicted molar refractivity (Wildman–Crippen MR) is 126 cm³/mol. The zero-order valence-corrected chi connectivity index (χ0v) is 20.6. The van der Waals surface area contributed by atoms with E-state index in [1.54, 1.807) is 6.07 Å². The first-order valence-electron chi connectivity index (χ1n) is 11.4. The Balaban J connectivity index is 1.58. The molecule has 7 nitrogen and oxygen atoms in total. The maximum absolute atomic E-state index is 14.0. The van der Waals surface area contributed by atoms with Crippen molar-refractivity contribution in [2.24, 2.45) is 0 Å². The van der Waals surface area contributed by atoms with Crippen LogP contribution in [-0.4, -0.2) is 60.6 Å². The van der Waals surface area contributed by atoms with E-state index in [9.17, 15) is 22.3 Å². The van der Waals surface area contributed by atoms with Gasteiger partial charge in [0.25, 0.3) is 0 Å². The molecule has 0 amide bonds. The Bertz CT molecular complexity index is 1180. The summed E-state index contributed by atoms with van der Waals surface area (Å²) in [7, 11) is -2.35. The van der Waals surface area contributed by atoms with Crippen molar-refractivity contribution in [2.75, 3.05) is 24.4 Å². The van der Waals surface area contributed by atoms with Crippen LogP contribution in [0.2, 0.25) is 0 Å². The van der Waals surface area contributed by atoms with Gasteiger partial charge in [-0.15, -0.1) is 0 Å². The molecule has 0 unspecified atom stereocenters. The first-order valence-corrected chi connectivity index (χ1v) is 12.8. The molecule has 0 aliphatic carbocycles. The number of phenols is 1. The van der Waals surface area contributed by atoms with Crippen LogP contribution in [0, 0.1) is 11.6 Å². The Morgan fingerprint density at radius 3 is 2.56 bits per heavy atom. The zero-order chi connectivity index (χ0) is 24.8. The number of nitrogens with zero attached hydrogens (tertiary/aromatic N) is 3. The molecule has 2 aliphatic heterocycles. The molecule has 2 fully saturated rings. The van der Waals surface area contributed by atoms with Gasteiger partial charge in [0.1, 0.15) is 0 Å². The van der Waals surface area contributed by atoms with Crippen molar-refractivity contribution in [2.45, 2.75) is 57.8 Å². The first-order chi connectivity index (χ1) is 15.9. The minimum Gasteiger partial charge on any atom is -0.504 e. The highest BCUT2D eigenvalue weighted by atomic mass is 32.2. The zero-order valence-electron chi connectivity index (χ0n) is 19.8. The number of hydrogen-bond acceptors (Lipinski definition) is 5. The van der Waals surface area contributed by atoms with Gasteiger partial charge in [-0.25, -0.2) is 8.78 Å². The minimum atomic E-state index is -3.86. The van der Waals surface area contributed by atoms with E-state index in [-0.39, 0.29) is 30.1 Å². The number of anilines is 1. The van der Waals surface area contributed by atoms with Gasteiger partial charge in [0.15, 0.2) is 23.1 Å². The second-order valence-corrected chi connectivity index (χ2v) is 11.5. The van der Waals surface area contributed by atoms with Crippen molar-refractivity contribution in [1.82, 2.24) is 9.21 Å². The van der Waals surface area contributed by atoms with Gasteiger partial charge in [-0.3, -0.25) is 9.21 Å². The fourth-order valence-corrected chi connectivity index (χ4v) is 6.89. The Hall–Kier alpha value is -2.43. The lowest BCUT2D eigenvalue weighted by Crippen LogP contribution is -2.57. The van der Waals surface area contributed by atoms with Crippen molar-refractivity contribution in [3.05, 3.63) is 53.6 Å². The number of ether oxygens (including phenoxy) is 1. The maximum atomic E-state index is 14.0. The van der Waals surface area contributed by atoms with Crippen LogP contribution >= 0.6 is 0 Å². The van der Waals surface area contributed by atoms with Gasteiger partial charge < -0.3 is 9.84 Å². The lowest BCUT2D eigenvalue weighted by atomic mass is 9.82. The smallest absolute Gasteiger partial charge is 0.304 e. The molecule has 186 valence electrons. The molecule has 4 rings (SSSR count). The molecule has 2 aromatic carbocycles. The highest BCUT2D eigenvalue weighted by Gasteiger charge is 2.55. The fourth-order valence-electron chi connectivity index (χ4n) is 5.12. The molecule has 1 spiro atoms. The van der Waals surface area contributed by atoms with Gasteiger partial charge in [-0.2, -0.15) is 12.7 Å². The average molecular weight is 496 g/mol. The van der Waals surface area contributed by atoms with Crippen LogP contribution in [0.1, 0.15) is 39.2 Å². The Morgan fingerprint density at radius 2 is 1.91 bits per heavy atom. The number of likely N-dealkylation sites (N-methyl/N-ethyl adjacent to an activating group) is 1. The minimum absolute atomic E-state index is 0.0199. The van der Waals surface area contributed by atoms with Crippen LogP contribution < -0.4 is 9.04 Å². The number of hydrogen-bond donors (Lipinski definition) is 1. The van der Waals surface area contributed by atoms with E-state index in [4.69, 9.17) is 4.74 Å². The van der Waals surface area contributed by atoms with Gasteiger partial charge in [0, 0.05) is 38.8 Å². The molecule has 0 bridgehead atoms. The molecule has 2 aromatic rings. The number of piperidine rings is 1. The summed E-state index contributed by atoms with van der Waals surface area (Å²) < 4.78 is 62.2. The molecule has 34 heavy (non-hydrogen) atoms. The molecule has 2 aliphatic rings. The van der Waals surface area contributed by atoms with E-state index in [1.165, 1.54) is 21.7 Å². The van der Waals surface area contributed by atoms with Crippen molar-refractivity contribution in [3.8, 4) is 11.5 Å². The van der Waals surface area contributed by atoms with E-state index in [1.807, 2.05) is 32.9 Å². The Kier molecular flexibility index (Phi) is 6.52. The first kappa shape index (κ1) is 24.7. The molecule has 0 aromatic heterocycles. The van der Waals surface area contributed by atoms with Crippen LogP contribution in [0.5, 0.6) is 11.5 Å². The lowest BCUT2D eigenvalue weighted by molar-refractivity contribution is 0.100. The SMILES string of the molecule is CC(C)Oc1cc(CN2CC[C@@]3(C[C@@H]2C)CN(C)S(=O)(=O)N3c2ccc(F)c(F)c2)ccc1O. The molecule has 2 heterocycles. The highest BCUT2D eigenvalue weighted by molar-refractivity contribution is 7.90. The monoisotopic (exact) mass is 495 g/mol. The molecular formula is C24H31F2N3O4S. The summed E-state index contributed by atoms with van der Waals surface area (Å²) in [6.07, 6.45) is 0.995. The summed E-state index contributed by atoms with van der Waals surface area (Å²) in [6, 6.07) is 8.55. The average Bonchev–Trinajstić information content (AvgIpc) is 2.93. The summed E-state index contributed by atoms with van der Waals surface area (Å²) in [6.45, 7) is 7.33. The number of aromatic hydroxyl groups is 1. The van der Waals surface area contributed by atoms with Crippen LogP contribution in [-0.2, 0) is 16.8 Å². The number of likely N-dealkylation sites (tertiary alicyclic amines) is 1. The van der Waals surface area contributed by atoms with E-state index >= 15 is 0 Å². The van der Waals surface area contributed by atoms with Gasteiger partial charge in [-0.05, 0) is 63.4 Å². The molecule has 1 N–H and O–H groups in total. The van der Waals surface area contributed by atoms with Crippen LogP contribution in [0.4, 0.5) is 14.5 Å². The Morgan fingerprint density at radius 1 is 1.18 bits per heavy atom. The van der Waals surface area contributed by atoms with Crippen molar-refractivity contribution in [3.63, 3.8) is 0 Å². The quantitative estimate of drug-likeness (QED) is 0.682. The maximum Gasteiger partial charge on any atom is 0.304 e. The van der Waals surface area contributed by atoms with Crippen molar-refractivity contribution in [1.29, 1.82) is 0 Å². The summed E-state index contributed by atoms with van der Waals surface area (Å²) >= 11 is 0. The van der Waals surface area contributed by atoms with E-state index in [2.05, 4.69) is 4.90 Å². The lowest BCUT2D eigenvalue weighted by Gasteiger charge is -2.47. The largest absolute Gasteiger partial charge is 0.504 e. The fraction of sp³-hybridized carbons (Fsp3) is 0.500. The molecule has 0 saturated carbocycles. The second kappa shape index (κ2) is 8.98. The Labute approximate surface area is 199 Å². The summed E-state index contributed by atoms with van der Waals surface area (Å²) in [5.74, 6) is -1.57. The number of halogens is 2. The molecule has 10 heteroatoms. The third-order valence-electron chi connectivity index (χ3n) is 6.65. The van der Waals surface area contributed by atoms with E-state index < -0.39 is 27.4 Å². The van der Waals surface area contributed by atoms with Crippen molar-refractivity contribution < 1.29 is 27.0 Å². The number of phenolic OH excluding ortho intramolecular Hbond substituents is 1. The third-order valence-corrected chi connectivity index (χ3v) is 8.62. The summed E-state index contributed by atoms with van der Waals surface area (Å²) in [5.41, 5.74) is 0.358. The van der Waals surface area contributed by atoms with E-state index in [0.29, 0.717) is 31.7 Å². The number of benzene rings is 2. The third kappa shape index (κ3) is 4.46. The van der Waals surface area contributed by atoms with Crippen LogP contribution in [0.3, 0.4) is 0 Å². The standard InChI is InChI=1S/C24H31F2N3O4S/c1-16(2)33-23-11-18(5-8-22(23)30)14-28-10-9-24(13-17(28)3)15-27(4)34(31,32)29(24)19-6-7-20(25)21(26)12-19/h5-8,11-12,16-17,30H,9-10,13-15H2,1-4H3/t17-,24+/m0/s1. The van der Waals surface area contributed by atoms with E-state index in [0.717, 1.165) is 17.7 Å². The van der Waals surface area contributed by atoms with Crippen LogP contribution in [0.25, 0.3) is 0 Å². The van der Waals surface area contributed by atoms with Gasteiger partial charge in [0.2, 0.25) is 0 Å².